The third-order valence-electron chi connectivity index (χ3n) is 5.44. The van der Waals surface area contributed by atoms with E-state index in [0.29, 0.717) is 23.4 Å². The fourth-order valence-electron chi connectivity index (χ4n) is 3.82. The van der Waals surface area contributed by atoms with Crippen LogP contribution < -0.4 is 9.64 Å². The van der Waals surface area contributed by atoms with Gasteiger partial charge in [-0.05, 0) is 53.9 Å². The summed E-state index contributed by atoms with van der Waals surface area (Å²) in [7, 11) is -3.14. The second-order valence-electron chi connectivity index (χ2n) is 7.66. The molecule has 1 atom stereocenters. The average Bonchev–Trinajstić information content (AvgIpc) is 3.18. The van der Waals surface area contributed by atoms with Gasteiger partial charge in [-0.25, -0.2) is 8.42 Å². The van der Waals surface area contributed by atoms with E-state index in [0.717, 1.165) is 11.1 Å². The number of carbonyl (C=O) groups excluding carboxylic acids is 1. The summed E-state index contributed by atoms with van der Waals surface area (Å²) in [6.07, 6.45) is 0.419. The van der Waals surface area contributed by atoms with Gasteiger partial charge in [-0.15, -0.1) is 0 Å². The first kappa shape index (κ1) is 21.6. The van der Waals surface area contributed by atoms with E-state index in [9.17, 15) is 13.2 Å². The zero-order valence-corrected chi connectivity index (χ0v) is 18.2. The minimum Gasteiger partial charge on any atom is -0.484 e. The molecule has 162 valence electrons. The van der Waals surface area contributed by atoms with Crippen LogP contribution >= 0.6 is 0 Å². The highest BCUT2D eigenvalue weighted by atomic mass is 32.2. The molecule has 0 aliphatic carbocycles. The number of benzene rings is 3. The van der Waals surface area contributed by atoms with Gasteiger partial charge in [0.2, 0.25) is 0 Å². The molecular weight excluding hydrogens is 424 g/mol. The van der Waals surface area contributed by atoms with Gasteiger partial charge in [0.1, 0.15) is 5.75 Å². The van der Waals surface area contributed by atoms with Crippen molar-refractivity contribution in [1.29, 1.82) is 5.26 Å². The van der Waals surface area contributed by atoms with Crippen molar-refractivity contribution < 1.29 is 17.9 Å². The van der Waals surface area contributed by atoms with Crippen LogP contribution in [0.15, 0.2) is 78.9 Å². The summed E-state index contributed by atoms with van der Waals surface area (Å²) < 4.78 is 29.7. The van der Waals surface area contributed by atoms with Gasteiger partial charge in [0, 0.05) is 5.69 Å². The summed E-state index contributed by atoms with van der Waals surface area (Å²) in [4.78, 5) is 14.6. The Bertz CT molecular complexity index is 1230. The lowest BCUT2D eigenvalue weighted by Crippen LogP contribution is -2.43. The van der Waals surface area contributed by atoms with Crippen LogP contribution in [-0.4, -0.2) is 38.5 Å². The molecule has 4 rings (SSSR count). The first-order valence-electron chi connectivity index (χ1n) is 10.3. The number of ether oxygens (including phenoxy) is 1. The van der Waals surface area contributed by atoms with Gasteiger partial charge in [-0.3, -0.25) is 4.79 Å². The number of nitriles is 1. The molecule has 0 aromatic heterocycles. The van der Waals surface area contributed by atoms with E-state index in [1.807, 2.05) is 42.5 Å². The zero-order chi connectivity index (χ0) is 22.6. The van der Waals surface area contributed by atoms with E-state index in [4.69, 9.17) is 10.00 Å². The van der Waals surface area contributed by atoms with E-state index in [1.165, 1.54) is 0 Å². The second-order valence-corrected chi connectivity index (χ2v) is 9.89. The molecule has 32 heavy (non-hydrogen) atoms. The molecule has 0 bridgehead atoms. The number of amides is 1. The minimum absolute atomic E-state index is 0.0348. The topological polar surface area (TPSA) is 87.5 Å². The van der Waals surface area contributed by atoms with Crippen molar-refractivity contribution >= 4 is 21.4 Å². The lowest BCUT2D eigenvalue weighted by atomic mass is 10.0. The molecule has 0 saturated carbocycles. The van der Waals surface area contributed by atoms with Crippen LogP contribution in [0.4, 0.5) is 5.69 Å². The van der Waals surface area contributed by atoms with Gasteiger partial charge < -0.3 is 9.64 Å². The molecule has 6 nitrogen and oxygen atoms in total. The SMILES string of the molecule is N#Cc1ccc(-c2ccc(OCC(=O)N(c3ccccc3)[C@H]3CCS(=O)(=O)C3)cc2)cc1. The standard InChI is InChI=1S/C25H22N2O4S/c26-16-19-6-8-20(9-7-19)21-10-12-24(13-11-21)31-17-25(28)27(22-4-2-1-3-5-22)23-14-15-32(29,30)18-23/h1-13,23H,14-15,17-18H2/t23-/m0/s1. The fourth-order valence-corrected chi connectivity index (χ4v) is 5.52. The van der Waals surface area contributed by atoms with Crippen molar-refractivity contribution in [2.45, 2.75) is 12.5 Å². The summed E-state index contributed by atoms with van der Waals surface area (Å²) >= 11 is 0. The summed E-state index contributed by atoms with van der Waals surface area (Å²) in [6.45, 7) is -0.193. The Kier molecular flexibility index (Phi) is 6.24. The highest BCUT2D eigenvalue weighted by molar-refractivity contribution is 7.91. The maximum Gasteiger partial charge on any atom is 0.265 e. The Hall–Kier alpha value is -3.63. The van der Waals surface area contributed by atoms with Crippen LogP contribution in [0.1, 0.15) is 12.0 Å². The number of rotatable bonds is 6. The number of hydrogen-bond donors (Lipinski definition) is 0. The maximum absolute atomic E-state index is 13.0. The molecule has 1 saturated heterocycles. The van der Waals surface area contributed by atoms with Gasteiger partial charge >= 0.3 is 0 Å². The highest BCUT2D eigenvalue weighted by Gasteiger charge is 2.35. The molecule has 1 heterocycles. The Morgan fingerprint density at radius 2 is 1.59 bits per heavy atom. The Morgan fingerprint density at radius 1 is 0.969 bits per heavy atom. The van der Waals surface area contributed by atoms with Crippen molar-refractivity contribution in [3.05, 3.63) is 84.4 Å². The third-order valence-corrected chi connectivity index (χ3v) is 7.19. The number of hydrogen-bond acceptors (Lipinski definition) is 5. The highest BCUT2D eigenvalue weighted by Crippen LogP contribution is 2.26. The van der Waals surface area contributed by atoms with Crippen LogP contribution in [0, 0.1) is 11.3 Å². The van der Waals surface area contributed by atoms with Crippen LogP contribution in [0.3, 0.4) is 0 Å². The van der Waals surface area contributed by atoms with E-state index < -0.39 is 15.9 Å². The lowest BCUT2D eigenvalue weighted by Gasteiger charge is -2.28. The monoisotopic (exact) mass is 446 g/mol. The van der Waals surface area contributed by atoms with Crippen molar-refractivity contribution in [3.8, 4) is 22.9 Å². The van der Waals surface area contributed by atoms with E-state index >= 15 is 0 Å². The minimum atomic E-state index is -3.14. The van der Waals surface area contributed by atoms with Gasteiger partial charge in [0.25, 0.3) is 5.91 Å². The largest absolute Gasteiger partial charge is 0.484 e. The number of nitrogens with zero attached hydrogens (tertiary/aromatic N) is 2. The molecule has 1 amide bonds. The first-order chi connectivity index (χ1) is 15.4. The third kappa shape index (κ3) is 4.98. The normalized spacial score (nSPS) is 16.8. The molecule has 1 fully saturated rings. The van der Waals surface area contributed by atoms with Crippen LogP contribution in [0.5, 0.6) is 5.75 Å². The molecular formula is C25H22N2O4S. The van der Waals surface area contributed by atoms with Gasteiger partial charge in [0.05, 0.1) is 29.2 Å². The summed E-state index contributed by atoms with van der Waals surface area (Å²) in [6, 6.07) is 25.4. The molecule has 0 radical (unpaired) electrons. The van der Waals surface area contributed by atoms with E-state index in [1.54, 1.807) is 41.3 Å². The molecule has 3 aromatic rings. The van der Waals surface area contributed by atoms with Gasteiger partial charge in [0.15, 0.2) is 16.4 Å². The van der Waals surface area contributed by atoms with Crippen LogP contribution in [0.25, 0.3) is 11.1 Å². The molecule has 0 N–H and O–H groups in total. The second kappa shape index (κ2) is 9.25. The number of anilines is 1. The molecule has 3 aromatic carbocycles. The van der Waals surface area contributed by atoms with E-state index in [-0.39, 0.29) is 24.0 Å². The smallest absolute Gasteiger partial charge is 0.265 e. The zero-order valence-electron chi connectivity index (χ0n) is 17.3. The van der Waals surface area contributed by atoms with Crippen LogP contribution in [-0.2, 0) is 14.6 Å². The molecule has 0 unspecified atom stereocenters. The summed E-state index contributed by atoms with van der Waals surface area (Å²) in [5.41, 5.74) is 3.21. The van der Waals surface area contributed by atoms with Gasteiger partial charge in [-0.1, -0.05) is 42.5 Å². The first-order valence-corrected chi connectivity index (χ1v) is 12.1. The Morgan fingerprint density at radius 3 is 2.16 bits per heavy atom. The summed E-state index contributed by atoms with van der Waals surface area (Å²) in [5, 5.41) is 8.92. The van der Waals surface area contributed by atoms with Crippen molar-refractivity contribution in [3.63, 3.8) is 0 Å². The fraction of sp³-hybridized carbons (Fsp3) is 0.200. The van der Waals surface area contributed by atoms with E-state index in [2.05, 4.69) is 6.07 Å². The summed E-state index contributed by atoms with van der Waals surface area (Å²) in [5.74, 6) is 0.316. The predicted molar refractivity (Wildman–Crippen MR) is 123 cm³/mol. The number of para-hydroxylation sites is 1. The Balaban J connectivity index is 1.45. The predicted octanol–water partition coefficient (Wildman–Crippen LogP) is 3.82. The Labute approximate surface area is 187 Å². The van der Waals surface area contributed by atoms with Crippen LogP contribution in [0.2, 0.25) is 0 Å². The maximum atomic E-state index is 13.0. The van der Waals surface area contributed by atoms with Crippen molar-refractivity contribution in [1.82, 2.24) is 0 Å². The van der Waals surface area contributed by atoms with Crippen molar-refractivity contribution in [2.75, 3.05) is 23.0 Å². The molecule has 7 heteroatoms. The quantitative estimate of drug-likeness (QED) is 0.574. The molecule has 1 aliphatic rings. The van der Waals surface area contributed by atoms with Crippen molar-refractivity contribution in [2.24, 2.45) is 0 Å². The number of carbonyl (C=O) groups is 1. The van der Waals surface area contributed by atoms with Gasteiger partial charge in [-0.2, -0.15) is 5.26 Å². The number of sulfone groups is 1. The average molecular weight is 447 g/mol. The lowest BCUT2D eigenvalue weighted by molar-refractivity contribution is -0.121. The molecule has 1 aliphatic heterocycles. The molecule has 0 spiro atoms.